The van der Waals surface area contributed by atoms with Crippen LogP contribution in [0, 0.1) is 10.1 Å². The summed E-state index contributed by atoms with van der Waals surface area (Å²) in [6, 6.07) is 9.05. The predicted molar refractivity (Wildman–Crippen MR) is 79.2 cm³/mol. The first-order valence-corrected chi connectivity index (χ1v) is 7.89. The summed E-state index contributed by atoms with van der Waals surface area (Å²) in [5, 5.41) is 22.4. The van der Waals surface area contributed by atoms with Crippen LogP contribution in [-0.4, -0.2) is 13.3 Å². The summed E-state index contributed by atoms with van der Waals surface area (Å²) in [6.07, 6.45) is 0.767. The van der Waals surface area contributed by atoms with E-state index in [9.17, 15) is 23.6 Å². The van der Waals surface area contributed by atoms with E-state index in [1.54, 1.807) is 12.1 Å². The molecule has 22 heavy (non-hydrogen) atoms. The molecule has 0 radical (unpaired) electrons. The van der Waals surface area contributed by atoms with Crippen LogP contribution < -0.4 is 9.83 Å². The Morgan fingerprint density at radius 1 is 1.14 bits per heavy atom. The van der Waals surface area contributed by atoms with Gasteiger partial charge >= 0.3 is 0 Å². The minimum Gasteiger partial charge on any atom is -0.871 e. The average Bonchev–Trinajstić information content (AvgIpc) is 2.49. The van der Waals surface area contributed by atoms with Crippen LogP contribution in [0.15, 0.2) is 47.4 Å². The van der Waals surface area contributed by atoms with Crippen molar-refractivity contribution in [1.29, 1.82) is 0 Å². The van der Waals surface area contributed by atoms with E-state index in [-0.39, 0.29) is 16.3 Å². The number of nitrogens with zero attached hydrogens (tertiary/aromatic N) is 1. The standard InChI is InChI=1S/C14H14N2O5S/c1-2-10-3-6-12(7-4-10)22(20,21)15-13-9-11(16(18)19)5-8-14(13)17/h3-9,15,17H,2H2,1H3/p-1. The van der Waals surface area contributed by atoms with Crippen molar-refractivity contribution in [3.05, 3.63) is 58.1 Å². The first-order valence-electron chi connectivity index (χ1n) is 6.40. The molecule has 0 fully saturated rings. The molecule has 0 aliphatic heterocycles. The lowest BCUT2D eigenvalue weighted by molar-refractivity contribution is -0.385. The normalized spacial score (nSPS) is 11.1. The molecule has 0 aromatic heterocycles. The predicted octanol–water partition coefficient (Wildman–Crippen LogP) is 2.03. The number of nitro benzene ring substituents is 1. The van der Waals surface area contributed by atoms with Crippen molar-refractivity contribution in [1.82, 2.24) is 0 Å². The number of benzene rings is 2. The zero-order chi connectivity index (χ0) is 16.3. The Kier molecular flexibility index (Phi) is 4.32. The molecule has 7 nitrogen and oxygen atoms in total. The zero-order valence-corrected chi connectivity index (χ0v) is 12.5. The summed E-state index contributed by atoms with van der Waals surface area (Å²) in [5.74, 6) is -0.639. The van der Waals surface area contributed by atoms with E-state index >= 15 is 0 Å². The van der Waals surface area contributed by atoms with Crippen LogP contribution in [0.1, 0.15) is 12.5 Å². The van der Waals surface area contributed by atoms with Crippen molar-refractivity contribution in [2.75, 3.05) is 4.72 Å². The molecule has 0 aliphatic rings. The smallest absolute Gasteiger partial charge is 0.271 e. The maximum absolute atomic E-state index is 12.2. The first kappa shape index (κ1) is 15.8. The number of hydrogen-bond acceptors (Lipinski definition) is 5. The maximum Gasteiger partial charge on any atom is 0.271 e. The van der Waals surface area contributed by atoms with E-state index in [0.717, 1.165) is 30.2 Å². The van der Waals surface area contributed by atoms with Gasteiger partial charge in [-0.3, -0.25) is 14.8 Å². The van der Waals surface area contributed by atoms with Gasteiger partial charge in [-0.05, 0) is 24.1 Å². The van der Waals surface area contributed by atoms with Gasteiger partial charge in [0, 0.05) is 17.8 Å². The molecule has 0 bridgehead atoms. The van der Waals surface area contributed by atoms with Gasteiger partial charge in [-0.2, -0.15) is 0 Å². The van der Waals surface area contributed by atoms with Crippen molar-refractivity contribution in [2.24, 2.45) is 0 Å². The highest BCUT2D eigenvalue weighted by molar-refractivity contribution is 7.92. The Hall–Kier alpha value is -2.61. The van der Waals surface area contributed by atoms with E-state index in [2.05, 4.69) is 4.72 Å². The molecule has 2 aromatic carbocycles. The number of rotatable bonds is 5. The van der Waals surface area contributed by atoms with Gasteiger partial charge in [0.15, 0.2) is 0 Å². The molecule has 116 valence electrons. The first-order chi connectivity index (χ1) is 10.3. The van der Waals surface area contributed by atoms with Gasteiger partial charge in [-0.1, -0.05) is 30.9 Å². The van der Waals surface area contributed by atoms with Crippen molar-refractivity contribution in [3.8, 4) is 5.75 Å². The lowest BCUT2D eigenvalue weighted by Crippen LogP contribution is -2.14. The molecule has 0 heterocycles. The molecule has 8 heteroatoms. The van der Waals surface area contributed by atoms with Gasteiger partial charge in [0.05, 0.1) is 9.82 Å². The quantitative estimate of drug-likeness (QED) is 0.669. The average molecular weight is 321 g/mol. The summed E-state index contributed by atoms with van der Waals surface area (Å²) in [6.45, 7) is 1.94. The molecule has 0 unspecified atom stereocenters. The topological polar surface area (TPSA) is 112 Å². The second-order valence-electron chi connectivity index (χ2n) is 4.54. The Bertz CT molecular complexity index is 800. The molecule has 2 rings (SSSR count). The molecule has 0 atom stereocenters. The van der Waals surface area contributed by atoms with Crippen LogP contribution in [-0.2, 0) is 16.4 Å². The summed E-state index contributed by atoms with van der Waals surface area (Å²) >= 11 is 0. The van der Waals surface area contributed by atoms with Crippen molar-refractivity contribution in [3.63, 3.8) is 0 Å². The van der Waals surface area contributed by atoms with Crippen molar-refractivity contribution >= 4 is 21.4 Å². The third-order valence-electron chi connectivity index (χ3n) is 3.06. The van der Waals surface area contributed by atoms with Gasteiger partial charge in [-0.25, -0.2) is 8.42 Å². The number of non-ortho nitro benzene ring substituents is 1. The molecule has 0 saturated carbocycles. The molecule has 0 spiro atoms. The highest BCUT2D eigenvalue weighted by Crippen LogP contribution is 2.28. The van der Waals surface area contributed by atoms with Crippen LogP contribution >= 0.6 is 0 Å². The SMILES string of the molecule is CCc1ccc(S(=O)(=O)Nc2cc([N+](=O)[O-])ccc2[O-])cc1. The van der Waals surface area contributed by atoms with Crippen molar-refractivity contribution in [2.45, 2.75) is 18.2 Å². The molecule has 0 amide bonds. The Balaban J connectivity index is 2.35. The number of hydrogen-bond donors (Lipinski definition) is 1. The summed E-state index contributed by atoms with van der Waals surface area (Å²) < 4.78 is 26.5. The summed E-state index contributed by atoms with van der Waals surface area (Å²) in [7, 11) is -3.98. The third-order valence-corrected chi connectivity index (χ3v) is 4.44. The lowest BCUT2D eigenvalue weighted by Gasteiger charge is -2.15. The maximum atomic E-state index is 12.2. The third kappa shape index (κ3) is 3.34. The second kappa shape index (κ2) is 6.02. The van der Waals surface area contributed by atoms with Gasteiger partial charge in [0.2, 0.25) is 0 Å². The molecule has 0 saturated heterocycles. The van der Waals surface area contributed by atoms with E-state index in [1.165, 1.54) is 12.1 Å². The molecular weight excluding hydrogens is 308 g/mol. The minimum atomic E-state index is -3.98. The van der Waals surface area contributed by atoms with Gasteiger partial charge in [0.25, 0.3) is 15.7 Å². The minimum absolute atomic E-state index is 0.0180. The summed E-state index contributed by atoms with van der Waals surface area (Å²) in [4.78, 5) is 9.98. The largest absolute Gasteiger partial charge is 0.871 e. The van der Waals surface area contributed by atoms with E-state index in [1.807, 2.05) is 6.92 Å². The van der Waals surface area contributed by atoms with Crippen molar-refractivity contribution < 1.29 is 18.4 Å². The van der Waals surface area contributed by atoms with Gasteiger partial charge < -0.3 is 5.11 Å². The van der Waals surface area contributed by atoms with E-state index in [4.69, 9.17) is 0 Å². The van der Waals surface area contributed by atoms with Crippen LogP contribution in [0.25, 0.3) is 0 Å². The number of aryl methyl sites for hydroxylation is 1. The monoisotopic (exact) mass is 321 g/mol. The fourth-order valence-corrected chi connectivity index (χ4v) is 2.88. The van der Waals surface area contributed by atoms with Crippen LogP contribution in [0.5, 0.6) is 5.75 Å². The van der Waals surface area contributed by atoms with Crippen LogP contribution in [0.3, 0.4) is 0 Å². The highest BCUT2D eigenvalue weighted by Gasteiger charge is 2.16. The fraction of sp³-hybridized carbons (Fsp3) is 0.143. The molecule has 0 aliphatic carbocycles. The lowest BCUT2D eigenvalue weighted by atomic mass is 10.2. The molecular formula is C14H13N2O5S-. The molecule has 2 aromatic rings. The van der Waals surface area contributed by atoms with Gasteiger partial charge in [0.1, 0.15) is 0 Å². The van der Waals surface area contributed by atoms with Gasteiger partial charge in [-0.15, -0.1) is 0 Å². The summed E-state index contributed by atoms with van der Waals surface area (Å²) in [5.41, 5.74) is 0.256. The highest BCUT2D eigenvalue weighted by atomic mass is 32.2. The fourth-order valence-electron chi connectivity index (χ4n) is 1.82. The number of nitrogens with one attached hydrogen (secondary N) is 1. The Morgan fingerprint density at radius 3 is 2.32 bits per heavy atom. The van der Waals surface area contributed by atoms with E-state index in [0.29, 0.717) is 0 Å². The Labute approximate surface area is 127 Å². The second-order valence-corrected chi connectivity index (χ2v) is 6.22. The number of anilines is 1. The number of sulfonamides is 1. The van der Waals surface area contributed by atoms with E-state index < -0.39 is 20.7 Å². The Morgan fingerprint density at radius 2 is 1.77 bits per heavy atom. The zero-order valence-electron chi connectivity index (χ0n) is 11.6. The molecule has 1 N–H and O–H groups in total. The van der Waals surface area contributed by atoms with Crippen LogP contribution in [0.4, 0.5) is 11.4 Å². The number of nitro groups is 1. The van der Waals surface area contributed by atoms with Crippen LogP contribution in [0.2, 0.25) is 0 Å².